The van der Waals surface area contributed by atoms with Gasteiger partial charge in [0.05, 0.1) is 17.8 Å². The topological polar surface area (TPSA) is 81.6 Å². The second-order valence-electron chi connectivity index (χ2n) is 7.40. The van der Waals surface area contributed by atoms with Crippen LogP contribution in [0.15, 0.2) is 36.4 Å². The van der Waals surface area contributed by atoms with Gasteiger partial charge in [0.25, 0.3) is 5.91 Å². The largest absolute Gasteiger partial charge is 0.486 e. The molecular weight excluding hydrogens is 439 g/mol. The Morgan fingerprint density at radius 1 is 0.970 bits per heavy atom. The second-order valence-corrected chi connectivity index (χ2v) is 7.40. The molecule has 1 aliphatic rings. The van der Waals surface area contributed by atoms with Gasteiger partial charge in [-0.25, -0.2) is 13.2 Å². The van der Waals surface area contributed by atoms with Crippen LogP contribution in [0, 0.1) is 31.3 Å². The van der Waals surface area contributed by atoms with Crippen LogP contribution < -0.4 is 20.1 Å². The number of nitrogens with one attached hydrogen (secondary N) is 2. The molecule has 1 aromatic heterocycles. The molecule has 2 N–H and O–H groups in total. The second kappa shape index (κ2) is 8.89. The predicted molar refractivity (Wildman–Crippen MR) is 114 cm³/mol. The normalized spacial score (nSPS) is 12.4. The summed E-state index contributed by atoms with van der Waals surface area (Å²) in [6.07, 6.45) is 0. The van der Waals surface area contributed by atoms with Gasteiger partial charge in [-0.1, -0.05) is 0 Å². The third-order valence-electron chi connectivity index (χ3n) is 5.18. The van der Waals surface area contributed by atoms with Crippen LogP contribution >= 0.6 is 0 Å². The number of benzene rings is 2. The smallest absolute Gasteiger partial charge is 0.253 e. The number of halogens is 3. The minimum atomic E-state index is -1.69. The monoisotopic (exact) mass is 459 g/mol. The van der Waals surface area contributed by atoms with Gasteiger partial charge in [-0.15, -0.1) is 0 Å². The zero-order valence-electron chi connectivity index (χ0n) is 17.8. The Balaban J connectivity index is 1.46. The highest BCUT2D eigenvalue weighted by Gasteiger charge is 2.20. The van der Waals surface area contributed by atoms with Crippen molar-refractivity contribution in [1.29, 1.82) is 0 Å². The van der Waals surface area contributed by atoms with Crippen LogP contribution in [0.3, 0.4) is 0 Å². The molecule has 0 spiro atoms. The lowest BCUT2D eigenvalue weighted by molar-refractivity contribution is -0.115. The molecule has 1 aliphatic heterocycles. The maximum Gasteiger partial charge on any atom is 0.253 e. The van der Waals surface area contributed by atoms with E-state index >= 15 is 0 Å². The van der Waals surface area contributed by atoms with Crippen LogP contribution in [-0.2, 0) is 4.79 Å². The Labute approximate surface area is 187 Å². The summed E-state index contributed by atoms with van der Waals surface area (Å²) < 4.78 is 53.1. The molecule has 0 radical (unpaired) electrons. The zero-order chi connectivity index (χ0) is 23.7. The minimum absolute atomic E-state index is 0.342. The van der Waals surface area contributed by atoms with Crippen molar-refractivity contribution in [3.8, 4) is 17.2 Å². The van der Waals surface area contributed by atoms with Crippen molar-refractivity contribution in [3.05, 3.63) is 70.8 Å². The van der Waals surface area contributed by atoms with E-state index in [4.69, 9.17) is 9.47 Å². The van der Waals surface area contributed by atoms with Gasteiger partial charge in [-0.05, 0) is 44.2 Å². The first-order valence-electron chi connectivity index (χ1n) is 10.1. The summed E-state index contributed by atoms with van der Waals surface area (Å²) in [7, 11) is 0. The van der Waals surface area contributed by atoms with E-state index < -0.39 is 41.5 Å². The van der Waals surface area contributed by atoms with Crippen molar-refractivity contribution in [2.45, 2.75) is 13.8 Å². The zero-order valence-corrected chi connectivity index (χ0v) is 17.8. The van der Waals surface area contributed by atoms with Crippen molar-refractivity contribution in [3.63, 3.8) is 0 Å². The van der Waals surface area contributed by atoms with E-state index in [1.807, 2.05) is 23.6 Å². The molecule has 0 saturated carbocycles. The first-order valence-corrected chi connectivity index (χ1v) is 10.1. The lowest BCUT2D eigenvalue weighted by Crippen LogP contribution is -2.33. The van der Waals surface area contributed by atoms with E-state index in [2.05, 4.69) is 10.6 Å². The summed E-state index contributed by atoms with van der Waals surface area (Å²) in [5.41, 5.74) is 2.01. The Hall–Kier alpha value is -3.95. The quantitative estimate of drug-likeness (QED) is 0.571. The van der Waals surface area contributed by atoms with Gasteiger partial charge in [0, 0.05) is 23.1 Å². The van der Waals surface area contributed by atoms with Gasteiger partial charge >= 0.3 is 0 Å². The summed E-state index contributed by atoms with van der Waals surface area (Å²) in [5, 5.41) is 4.55. The molecule has 0 atom stereocenters. The molecule has 0 saturated heterocycles. The van der Waals surface area contributed by atoms with Crippen molar-refractivity contribution < 1.29 is 32.2 Å². The van der Waals surface area contributed by atoms with Gasteiger partial charge in [-0.3, -0.25) is 9.59 Å². The summed E-state index contributed by atoms with van der Waals surface area (Å²) in [4.78, 5) is 24.8. The molecule has 0 bridgehead atoms. The number of carbonyl (C=O) groups is 2. The minimum Gasteiger partial charge on any atom is -0.486 e. The number of hydrogen-bond donors (Lipinski definition) is 2. The summed E-state index contributed by atoms with van der Waals surface area (Å²) in [6, 6.07) is 8.73. The maximum atomic E-state index is 13.7. The number of fused-ring (bicyclic) bond motifs is 1. The van der Waals surface area contributed by atoms with Crippen molar-refractivity contribution in [2.24, 2.45) is 0 Å². The van der Waals surface area contributed by atoms with Crippen LogP contribution in [0.5, 0.6) is 11.5 Å². The molecule has 3 aromatic rings. The first kappa shape index (κ1) is 22.3. The van der Waals surface area contributed by atoms with E-state index in [-0.39, 0.29) is 0 Å². The van der Waals surface area contributed by atoms with Crippen LogP contribution in [0.25, 0.3) is 5.69 Å². The highest BCUT2D eigenvalue weighted by molar-refractivity contribution is 6.00. The predicted octanol–water partition coefficient (Wildman–Crippen LogP) is 3.65. The first-order chi connectivity index (χ1) is 15.8. The average molecular weight is 459 g/mol. The van der Waals surface area contributed by atoms with Gasteiger partial charge in [-0.2, -0.15) is 0 Å². The summed E-state index contributed by atoms with van der Waals surface area (Å²) in [6.45, 7) is 4.03. The van der Waals surface area contributed by atoms with Crippen molar-refractivity contribution in [1.82, 2.24) is 9.88 Å². The maximum absolute atomic E-state index is 13.7. The number of rotatable bonds is 5. The number of anilines is 1. The molecule has 10 heteroatoms. The molecule has 2 heterocycles. The number of amides is 2. The average Bonchev–Trinajstić information content (AvgIpc) is 3.11. The summed E-state index contributed by atoms with van der Waals surface area (Å²) in [5.74, 6) is -4.64. The standard InChI is InChI=1S/C23H20F3N3O4/c1-12-9-15(13(2)29(12)14-3-6-18-19(10-14)33-8-7-32-18)23(31)27-11-20(30)28-17-5-4-16(24)21(25)22(17)26/h3-6,9-10H,7-8,11H2,1-2H3,(H,27,31)(H,28,30). The molecule has 0 unspecified atom stereocenters. The van der Waals surface area contributed by atoms with Crippen LogP contribution in [0.2, 0.25) is 0 Å². The Morgan fingerprint density at radius 3 is 2.45 bits per heavy atom. The number of ether oxygens (including phenoxy) is 2. The fourth-order valence-electron chi connectivity index (χ4n) is 3.63. The Bertz CT molecular complexity index is 1260. The molecule has 4 rings (SSSR count). The van der Waals surface area contributed by atoms with Crippen LogP contribution in [-0.4, -0.2) is 36.1 Å². The molecule has 0 aliphatic carbocycles. The highest BCUT2D eigenvalue weighted by Crippen LogP contribution is 2.33. The van der Waals surface area contributed by atoms with Gasteiger partial charge in [0.15, 0.2) is 29.0 Å². The van der Waals surface area contributed by atoms with Gasteiger partial charge in [0.2, 0.25) is 5.91 Å². The van der Waals surface area contributed by atoms with E-state index in [0.29, 0.717) is 42.0 Å². The third-order valence-corrected chi connectivity index (χ3v) is 5.18. The lowest BCUT2D eigenvalue weighted by atomic mass is 10.2. The number of hydrogen-bond acceptors (Lipinski definition) is 4. The molecule has 33 heavy (non-hydrogen) atoms. The Kier molecular flexibility index (Phi) is 5.99. The summed E-state index contributed by atoms with van der Waals surface area (Å²) >= 11 is 0. The number of aryl methyl sites for hydroxylation is 1. The van der Waals surface area contributed by atoms with Crippen LogP contribution in [0.4, 0.5) is 18.9 Å². The van der Waals surface area contributed by atoms with Crippen molar-refractivity contribution >= 4 is 17.5 Å². The lowest BCUT2D eigenvalue weighted by Gasteiger charge is -2.20. The molecular formula is C23H20F3N3O4. The highest BCUT2D eigenvalue weighted by atomic mass is 19.2. The number of aromatic nitrogens is 1. The number of carbonyl (C=O) groups excluding carboxylic acids is 2. The molecule has 172 valence electrons. The molecule has 7 nitrogen and oxygen atoms in total. The van der Waals surface area contributed by atoms with Gasteiger partial charge in [0.1, 0.15) is 13.2 Å². The van der Waals surface area contributed by atoms with Crippen molar-refractivity contribution in [2.75, 3.05) is 25.1 Å². The molecule has 2 amide bonds. The Morgan fingerprint density at radius 2 is 1.70 bits per heavy atom. The fourth-order valence-corrected chi connectivity index (χ4v) is 3.63. The van der Waals surface area contributed by atoms with E-state index in [1.54, 1.807) is 19.1 Å². The third kappa shape index (κ3) is 4.36. The SMILES string of the molecule is Cc1cc(C(=O)NCC(=O)Nc2ccc(F)c(F)c2F)c(C)n1-c1ccc2c(c1)OCCO2. The van der Waals surface area contributed by atoms with E-state index in [1.165, 1.54) is 0 Å². The number of nitrogens with zero attached hydrogens (tertiary/aromatic N) is 1. The molecule has 0 fully saturated rings. The van der Waals surface area contributed by atoms with Crippen LogP contribution in [0.1, 0.15) is 21.7 Å². The van der Waals surface area contributed by atoms with E-state index in [9.17, 15) is 22.8 Å². The fraction of sp³-hybridized carbons (Fsp3) is 0.217. The van der Waals surface area contributed by atoms with E-state index in [0.717, 1.165) is 17.4 Å². The van der Waals surface area contributed by atoms with Gasteiger partial charge < -0.3 is 24.7 Å². The molecule has 2 aromatic carbocycles.